The molecule has 1 saturated heterocycles. The minimum atomic E-state index is -3.52. The molecule has 8 heteroatoms. The number of piperidine rings is 1. The van der Waals surface area contributed by atoms with Crippen molar-refractivity contribution in [1.29, 1.82) is 0 Å². The van der Waals surface area contributed by atoms with Crippen molar-refractivity contribution >= 4 is 38.7 Å². The highest BCUT2D eigenvalue weighted by Gasteiger charge is 2.26. The van der Waals surface area contributed by atoms with Crippen LogP contribution < -0.4 is 15.4 Å². The zero-order chi connectivity index (χ0) is 20.9. The number of anilines is 2. The van der Waals surface area contributed by atoms with Crippen LogP contribution >= 0.6 is 12.2 Å². The number of methoxy groups -OCH3 is 1. The number of hydrogen-bond donors (Lipinski definition) is 2. The Balaban J connectivity index is 1.73. The predicted molar refractivity (Wildman–Crippen MR) is 121 cm³/mol. The zero-order valence-electron chi connectivity index (χ0n) is 16.8. The Morgan fingerprint density at radius 1 is 1.07 bits per heavy atom. The second kappa shape index (κ2) is 9.56. The summed E-state index contributed by atoms with van der Waals surface area (Å²) in [7, 11) is -2.01. The van der Waals surface area contributed by atoms with E-state index < -0.39 is 10.0 Å². The van der Waals surface area contributed by atoms with E-state index in [1.807, 2.05) is 24.3 Å². The highest BCUT2D eigenvalue weighted by atomic mass is 32.2. The molecule has 0 amide bonds. The number of nitrogens with one attached hydrogen (secondary N) is 2. The first-order valence-electron chi connectivity index (χ1n) is 9.79. The molecule has 0 atom stereocenters. The van der Waals surface area contributed by atoms with Gasteiger partial charge in [-0.3, -0.25) is 0 Å². The molecule has 0 spiro atoms. The fourth-order valence-corrected chi connectivity index (χ4v) is 5.06. The van der Waals surface area contributed by atoms with E-state index in [9.17, 15) is 8.42 Å². The molecule has 2 N–H and O–H groups in total. The highest BCUT2D eigenvalue weighted by molar-refractivity contribution is 7.89. The minimum Gasteiger partial charge on any atom is -0.495 e. The van der Waals surface area contributed by atoms with Gasteiger partial charge >= 0.3 is 0 Å². The predicted octanol–water partition coefficient (Wildman–Crippen LogP) is 4.24. The molecule has 0 bridgehead atoms. The summed E-state index contributed by atoms with van der Waals surface area (Å²) < 4.78 is 32.8. The van der Waals surface area contributed by atoms with Crippen molar-refractivity contribution in [2.45, 2.75) is 37.5 Å². The smallest absolute Gasteiger partial charge is 0.243 e. The van der Waals surface area contributed by atoms with Crippen LogP contribution in [0.25, 0.3) is 0 Å². The van der Waals surface area contributed by atoms with Crippen LogP contribution in [0.3, 0.4) is 0 Å². The average Bonchev–Trinajstić information content (AvgIpc) is 2.75. The summed E-state index contributed by atoms with van der Waals surface area (Å²) in [6.45, 7) is 3.24. The van der Waals surface area contributed by atoms with E-state index in [2.05, 4.69) is 17.6 Å². The molecule has 2 aromatic carbocycles. The molecule has 1 aliphatic rings. The number of rotatable bonds is 6. The van der Waals surface area contributed by atoms with Gasteiger partial charge < -0.3 is 15.4 Å². The maximum absolute atomic E-state index is 12.9. The van der Waals surface area contributed by atoms with Crippen molar-refractivity contribution in [2.24, 2.45) is 0 Å². The number of nitrogens with zero attached hydrogens (tertiary/aromatic N) is 1. The first-order chi connectivity index (χ1) is 13.9. The second-order valence-electron chi connectivity index (χ2n) is 6.96. The molecule has 0 saturated carbocycles. The van der Waals surface area contributed by atoms with Crippen molar-refractivity contribution in [3.8, 4) is 5.75 Å². The van der Waals surface area contributed by atoms with Gasteiger partial charge in [0.15, 0.2) is 5.11 Å². The largest absolute Gasteiger partial charge is 0.495 e. The number of ether oxygens (including phenoxy) is 1. The van der Waals surface area contributed by atoms with Crippen molar-refractivity contribution in [2.75, 3.05) is 30.8 Å². The van der Waals surface area contributed by atoms with E-state index in [1.165, 1.54) is 12.7 Å². The van der Waals surface area contributed by atoms with Crippen LogP contribution in [0, 0.1) is 0 Å². The molecule has 0 radical (unpaired) electrons. The van der Waals surface area contributed by atoms with Crippen molar-refractivity contribution < 1.29 is 13.2 Å². The van der Waals surface area contributed by atoms with Crippen molar-refractivity contribution in [1.82, 2.24) is 4.31 Å². The second-order valence-corrected chi connectivity index (χ2v) is 9.30. The number of benzene rings is 2. The molecule has 1 fully saturated rings. The van der Waals surface area contributed by atoms with E-state index in [-0.39, 0.29) is 4.90 Å². The molecule has 29 heavy (non-hydrogen) atoms. The summed E-state index contributed by atoms with van der Waals surface area (Å²) in [6.07, 6.45) is 3.85. The molecule has 2 aromatic rings. The molecule has 0 aromatic heterocycles. The maximum atomic E-state index is 12.9. The Labute approximate surface area is 178 Å². The molecule has 0 unspecified atom stereocenters. The Bertz CT molecular complexity index is 954. The summed E-state index contributed by atoms with van der Waals surface area (Å²) >= 11 is 5.39. The average molecular weight is 434 g/mol. The van der Waals surface area contributed by atoms with Gasteiger partial charge in [0.2, 0.25) is 10.0 Å². The van der Waals surface area contributed by atoms with Crippen molar-refractivity contribution in [3.63, 3.8) is 0 Å². The zero-order valence-corrected chi connectivity index (χ0v) is 18.4. The van der Waals surface area contributed by atoms with Gasteiger partial charge in [0.25, 0.3) is 0 Å². The Morgan fingerprint density at radius 2 is 1.76 bits per heavy atom. The van der Waals surface area contributed by atoms with E-state index in [1.54, 1.807) is 22.5 Å². The Morgan fingerprint density at radius 3 is 2.38 bits per heavy atom. The van der Waals surface area contributed by atoms with Crippen LogP contribution in [0.5, 0.6) is 5.75 Å². The quantitative estimate of drug-likeness (QED) is 0.664. The maximum Gasteiger partial charge on any atom is 0.243 e. The lowest BCUT2D eigenvalue weighted by atomic mass is 10.1. The lowest BCUT2D eigenvalue weighted by Crippen LogP contribution is -2.35. The van der Waals surface area contributed by atoms with Gasteiger partial charge in [-0.25, -0.2) is 8.42 Å². The van der Waals surface area contributed by atoms with E-state index in [0.29, 0.717) is 29.6 Å². The van der Waals surface area contributed by atoms with Crippen LogP contribution in [0.4, 0.5) is 11.4 Å². The van der Waals surface area contributed by atoms with Gasteiger partial charge in [0.05, 0.1) is 17.7 Å². The van der Waals surface area contributed by atoms with Gasteiger partial charge in [-0.1, -0.05) is 25.5 Å². The van der Waals surface area contributed by atoms with Crippen LogP contribution in [0.2, 0.25) is 0 Å². The normalized spacial score (nSPS) is 15.0. The monoisotopic (exact) mass is 433 g/mol. The van der Waals surface area contributed by atoms with E-state index in [4.69, 9.17) is 17.0 Å². The third-order valence-electron chi connectivity index (χ3n) is 4.99. The Hall–Kier alpha value is -2.16. The number of aryl methyl sites for hydroxylation is 1. The Kier molecular flexibility index (Phi) is 7.10. The standard InChI is InChI=1S/C21H27N3O3S2/c1-3-16-7-9-17(10-8-16)22-21(28)23-19-12-11-18(15-20(19)27-2)29(25,26)24-13-5-4-6-14-24/h7-12,15H,3-6,13-14H2,1-2H3,(H2,22,23,28). The van der Waals surface area contributed by atoms with Gasteiger partial charge in [-0.15, -0.1) is 0 Å². The van der Waals surface area contributed by atoms with Crippen molar-refractivity contribution in [3.05, 3.63) is 48.0 Å². The molecule has 1 heterocycles. The third kappa shape index (κ3) is 5.26. The summed E-state index contributed by atoms with van der Waals surface area (Å²) in [5.74, 6) is 0.425. The number of thiocarbonyl (C=S) groups is 1. The summed E-state index contributed by atoms with van der Waals surface area (Å²) in [5, 5.41) is 6.61. The molecular formula is C21H27N3O3S2. The van der Waals surface area contributed by atoms with Crippen LogP contribution in [-0.4, -0.2) is 38.0 Å². The molecule has 3 rings (SSSR count). The number of sulfonamides is 1. The lowest BCUT2D eigenvalue weighted by Gasteiger charge is -2.26. The topological polar surface area (TPSA) is 70.7 Å². The molecule has 156 valence electrons. The first-order valence-corrected chi connectivity index (χ1v) is 11.6. The molecule has 6 nitrogen and oxygen atoms in total. The molecule has 0 aliphatic carbocycles. The van der Waals surface area contributed by atoms with Gasteiger partial charge in [0.1, 0.15) is 5.75 Å². The summed E-state index contributed by atoms with van der Waals surface area (Å²) in [6, 6.07) is 12.9. The fourth-order valence-electron chi connectivity index (χ4n) is 3.30. The van der Waals surface area contributed by atoms with E-state index in [0.717, 1.165) is 31.4 Å². The summed E-state index contributed by atoms with van der Waals surface area (Å²) in [4.78, 5) is 0.232. The van der Waals surface area contributed by atoms with Crippen LogP contribution in [-0.2, 0) is 16.4 Å². The summed E-state index contributed by atoms with van der Waals surface area (Å²) in [5.41, 5.74) is 2.73. The third-order valence-corrected chi connectivity index (χ3v) is 7.09. The SMILES string of the molecule is CCc1ccc(NC(=S)Nc2ccc(S(=O)(=O)N3CCCCC3)cc2OC)cc1. The van der Waals surface area contributed by atoms with E-state index >= 15 is 0 Å². The molecule has 1 aliphatic heterocycles. The van der Waals surface area contributed by atoms with Gasteiger partial charge in [-0.2, -0.15) is 4.31 Å². The number of hydrogen-bond acceptors (Lipinski definition) is 4. The minimum absolute atomic E-state index is 0.232. The van der Waals surface area contributed by atoms with Gasteiger partial charge in [0, 0.05) is 24.8 Å². The van der Waals surface area contributed by atoms with Crippen LogP contribution in [0.1, 0.15) is 31.7 Å². The lowest BCUT2D eigenvalue weighted by molar-refractivity contribution is 0.346. The fraction of sp³-hybridized carbons (Fsp3) is 0.381. The molecular weight excluding hydrogens is 406 g/mol. The van der Waals surface area contributed by atoms with Crippen LogP contribution in [0.15, 0.2) is 47.4 Å². The van der Waals surface area contributed by atoms with Gasteiger partial charge in [-0.05, 0) is 61.3 Å². The first kappa shape index (κ1) is 21.5. The highest BCUT2D eigenvalue weighted by Crippen LogP contribution is 2.30.